The van der Waals surface area contributed by atoms with Crippen molar-refractivity contribution >= 4 is 11.7 Å². The summed E-state index contributed by atoms with van der Waals surface area (Å²) in [4.78, 5) is 17.0. The summed E-state index contributed by atoms with van der Waals surface area (Å²) in [6, 6.07) is 11.6. The molecule has 1 saturated heterocycles. The molecule has 0 atom stereocenters. The average Bonchev–Trinajstić information content (AvgIpc) is 3.26. The van der Waals surface area contributed by atoms with Gasteiger partial charge in [0, 0.05) is 37.9 Å². The molecule has 3 aromatic rings. The van der Waals surface area contributed by atoms with Gasteiger partial charge in [0.1, 0.15) is 0 Å². The molecular formula is C21H26N6O2. The number of nitrogens with one attached hydrogen (secondary N) is 1. The second kappa shape index (κ2) is 8.08. The number of hydrogen-bond donors (Lipinski definition) is 1. The molecule has 2 aromatic heterocycles. The Labute approximate surface area is 170 Å². The molecule has 1 aliphatic heterocycles. The maximum absolute atomic E-state index is 12.8. The Kier molecular flexibility index (Phi) is 5.35. The van der Waals surface area contributed by atoms with Crippen LogP contribution in [0.5, 0.6) is 0 Å². The largest absolute Gasteiger partial charge is 0.360 e. The third kappa shape index (κ3) is 4.32. The van der Waals surface area contributed by atoms with E-state index in [-0.39, 0.29) is 6.03 Å². The van der Waals surface area contributed by atoms with Crippen molar-refractivity contribution in [2.45, 2.75) is 27.3 Å². The Morgan fingerprint density at radius 3 is 2.48 bits per heavy atom. The van der Waals surface area contributed by atoms with Gasteiger partial charge in [-0.15, -0.1) is 0 Å². The van der Waals surface area contributed by atoms with Crippen molar-refractivity contribution in [1.29, 1.82) is 0 Å². The molecule has 1 aromatic carbocycles. The fraction of sp³-hybridized carbons (Fsp3) is 0.381. The van der Waals surface area contributed by atoms with Crippen molar-refractivity contribution in [3.63, 3.8) is 0 Å². The predicted molar refractivity (Wildman–Crippen MR) is 110 cm³/mol. The maximum Gasteiger partial charge on any atom is 0.321 e. The number of carbonyl (C=O) groups excluding carboxylic acids is 1. The number of benzene rings is 1. The summed E-state index contributed by atoms with van der Waals surface area (Å²) in [5.74, 6) is 0.860. The number of urea groups is 1. The Morgan fingerprint density at radius 2 is 1.83 bits per heavy atom. The van der Waals surface area contributed by atoms with Crippen LogP contribution in [0.4, 0.5) is 10.5 Å². The first-order chi connectivity index (χ1) is 14.0. The van der Waals surface area contributed by atoms with Gasteiger partial charge in [-0.05, 0) is 39.0 Å². The third-order valence-electron chi connectivity index (χ3n) is 5.10. The lowest BCUT2D eigenvalue weighted by Crippen LogP contribution is -2.49. The number of aryl methyl sites for hydroxylation is 3. The van der Waals surface area contributed by atoms with Crippen LogP contribution in [0.2, 0.25) is 0 Å². The van der Waals surface area contributed by atoms with E-state index in [0.717, 1.165) is 53.9 Å². The molecule has 2 amide bonds. The van der Waals surface area contributed by atoms with Crippen molar-refractivity contribution in [3.8, 4) is 5.69 Å². The van der Waals surface area contributed by atoms with Crippen LogP contribution in [-0.4, -0.2) is 56.9 Å². The van der Waals surface area contributed by atoms with Crippen LogP contribution >= 0.6 is 0 Å². The van der Waals surface area contributed by atoms with Gasteiger partial charge in [-0.2, -0.15) is 5.10 Å². The number of nitrogens with zero attached hydrogens (tertiary/aromatic N) is 5. The van der Waals surface area contributed by atoms with Crippen LogP contribution < -0.4 is 5.32 Å². The standard InChI is InChI=1S/C21H26N6O2/c1-15-12-17(3)27(23-15)20-7-5-4-6-19(20)22-21(28)26-10-8-25(9-11-26)14-18-13-16(2)24-29-18/h4-7,12-13H,8-11,14H2,1-3H3,(H,22,28). The lowest BCUT2D eigenvalue weighted by Gasteiger charge is -2.34. The van der Waals surface area contributed by atoms with Crippen molar-refractivity contribution in [1.82, 2.24) is 24.7 Å². The normalized spacial score (nSPS) is 14.9. The van der Waals surface area contributed by atoms with Gasteiger partial charge in [0.2, 0.25) is 0 Å². The summed E-state index contributed by atoms with van der Waals surface area (Å²) < 4.78 is 7.16. The second-order valence-electron chi connectivity index (χ2n) is 7.48. The van der Waals surface area contributed by atoms with Gasteiger partial charge in [-0.3, -0.25) is 4.90 Å². The second-order valence-corrected chi connectivity index (χ2v) is 7.48. The third-order valence-corrected chi connectivity index (χ3v) is 5.10. The lowest BCUT2D eigenvalue weighted by molar-refractivity contribution is 0.134. The number of anilines is 1. The van der Waals surface area contributed by atoms with Crippen LogP contribution in [0.15, 0.2) is 40.9 Å². The van der Waals surface area contributed by atoms with E-state index in [9.17, 15) is 4.79 Å². The number of piperazine rings is 1. The van der Waals surface area contributed by atoms with Crippen molar-refractivity contribution in [2.75, 3.05) is 31.5 Å². The van der Waals surface area contributed by atoms with E-state index in [2.05, 4.69) is 20.5 Å². The van der Waals surface area contributed by atoms with Crippen LogP contribution in [0.25, 0.3) is 5.69 Å². The van der Waals surface area contributed by atoms with Crippen molar-refractivity contribution < 1.29 is 9.32 Å². The van der Waals surface area contributed by atoms with Crippen molar-refractivity contribution in [2.24, 2.45) is 0 Å². The summed E-state index contributed by atoms with van der Waals surface area (Å²) in [7, 11) is 0. The fourth-order valence-electron chi connectivity index (χ4n) is 3.65. The van der Waals surface area contributed by atoms with Crippen LogP contribution in [0, 0.1) is 20.8 Å². The maximum atomic E-state index is 12.8. The highest BCUT2D eigenvalue weighted by Gasteiger charge is 2.23. The van der Waals surface area contributed by atoms with Crippen LogP contribution in [0.1, 0.15) is 22.8 Å². The van der Waals surface area contributed by atoms with E-state index in [0.29, 0.717) is 13.1 Å². The van der Waals surface area contributed by atoms with Gasteiger partial charge in [-0.25, -0.2) is 9.48 Å². The molecule has 0 radical (unpaired) electrons. The predicted octanol–water partition coefficient (Wildman–Crippen LogP) is 3.14. The zero-order valence-electron chi connectivity index (χ0n) is 17.1. The minimum atomic E-state index is -0.0888. The Hall–Kier alpha value is -3.13. The summed E-state index contributed by atoms with van der Waals surface area (Å²) in [6.07, 6.45) is 0. The summed E-state index contributed by atoms with van der Waals surface area (Å²) in [5, 5.41) is 11.5. The minimum Gasteiger partial charge on any atom is -0.360 e. The molecular weight excluding hydrogens is 368 g/mol. The van der Waals surface area contributed by atoms with E-state index in [4.69, 9.17) is 4.52 Å². The fourth-order valence-corrected chi connectivity index (χ4v) is 3.65. The molecule has 0 bridgehead atoms. The van der Waals surface area contributed by atoms with Gasteiger partial charge in [-0.1, -0.05) is 17.3 Å². The van der Waals surface area contributed by atoms with Crippen LogP contribution in [0.3, 0.4) is 0 Å². The number of amides is 2. The van der Waals surface area contributed by atoms with E-state index in [1.807, 2.05) is 66.8 Å². The molecule has 3 heterocycles. The first kappa shape index (κ1) is 19.2. The topological polar surface area (TPSA) is 79.4 Å². The van der Waals surface area contributed by atoms with E-state index < -0.39 is 0 Å². The summed E-state index contributed by atoms with van der Waals surface area (Å²) in [6.45, 7) is 9.54. The van der Waals surface area contributed by atoms with Gasteiger partial charge >= 0.3 is 6.03 Å². The van der Waals surface area contributed by atoms with Gasteiger partial charge in [0.05, 0.1) is 29.3 Å². The number of para-hydroxylation sites is 2. The summed E-state index contributed by atoms with van der Waals surface area (Å²) >= 11 is 0. The molecule has 8 heteroatoms. The number of aromatic nitrogens is 3. The molecule has 1 fully saturated rings. The molecule has 1 N–H and O–H groups in total. The zero-order valence-corrected chi connectivity index (χ0v) is 17.1. The minimum absolute atomic E-state index is 0.0888. The Balaban J connectivity index is 1.39. The van der Waals surface area contributed by atoms with Crippen molar-refractivity contribution in [3.05, 3.63) is 59.2 Å². The first-order valence-corrected chi connectivity index (χ1v) is 9.83. The molecule has 152 valence electrons. The highest BCUT2D eigenvalue weighted by Crippen LogP contribution is 2.22. The van der Waals surface area contributed by atoms with Gasteiger partial charge in [0.25, 0.3) is 0 Å². The summed E-state index contributed by atoms with van der Waals surface area (Å²) in [5.41, 5.74) is 4.48. The van der Waals surface area contributed by atoms with E-state index in [1.54, 1.807) is 0 Å². The molecule has 1 aliphatic rings. The number of rotatable bonds is 4. The van der Waals surface area contributed by atoms with E-state index in [1.165, 1.54) is 0 Å². The average molecular weight is 394 g/mol. The zero-order chi connectivity index (χ0) is 20.4. The van der Waals surface area contributed by atoms with Gasteiger partial charge in [0.15, 0.2) is 5.76 Å². The highest BCUT2D eigenvalue weighted by atomic mass is 16.5. The Bertz CT molecular complexity index is 1000. The van der Waals surface area contributed by atoms with Crippen LogP contribution in [-0.2, 0) is 6.54 Å². The smallest absolute Gasteiger partial charge is 0.321 e. The quantitative estimate of drug-likeness (QED) is 0.735. The van der Waals surface area contributed by atoms with Gasteiger partial charge < -0.3 is 14.7 Å². The molecule has 0 unspecified atom stereocenters. The monoisotopic (exact) mass is 394 g/mol. The first-order valence-electron chi connectivity index (χ1n) is 9.83. The molecule has 29 heavy (non-hydrogen) atoms. The Morgan fingerprint density at radius 1 is 1.07 bits per heavy atom. The van der Waals surface area contributed by atoms with E-state index >= 15 is 0 Å². The molecule has 0 aliphatic carbocycles. The number of hydrogen-bond acceptors (Lipinski definition) is 5. The lowest BCUT2D eigenvalue weighted by atomic mass is 10.2. The molecule has 0 spiro atoms. The molecule has 4 rings (SSSR count). The molecule has 0 saturated carbocycles. The molecule has 8 nitrogen and oxygen atoms in total. The SMILES string of the molecule is Cc1cc(CN2CCN(C(=O)Nc3ccccc3-n3nc(C)cc3C)CC2)on1. The highest BCUT2D eigenvalue weighted by molar-refractivity contribution is 5.91. The number of carbonyl (C=O) groups is 1.